The third-order valence-electron chi connectivity index (χ3n) is 5.68. The van der Waals surface area contributed by atoms with Crippen molar-refractivity contribution in [1.29, 1.82) is 0 Å². The van der Waals surface area contributed by atoms with Crippen LogP contribution in [0.4, 0.5) is 0 Å². The van der Waals surface area contributed by atoms with Crippen molar-refractivity contribution >= 4 is 29.9 Å². The number of aliphatic imine (C=N–C) groups is 1. The maximum Gasteiger partial charge on any atom is 0.191 e. The Bertz CT molecular complexity index is 849. The van der Waals surface area contributed by atoms with Gasteiger partial charge in [-0.05, 0) is 56.7 Å². The smallest absolute Gasteiger partial charge is 0.191 e. The molecule has 0 saturated carbocycles. The van der Waals surface area contributed by atoms with Crippen LogP contribution in [-0.4, -0.2) is 40.4 Å². The fraction of sp³-hybridized carbons (Fsp3) is 0.640. The molecule has 1 aliphatic rings. The van der Waals surface area contributed by atoms with E-state index in [2.05, 4.69) is 65.2 Å². The molecule has 0 spiro atoms. The zero-order valence-corrected chi connectivity index (χ0v) is 23.0. The zero-order valence-electron chi connectivity index (χ0n) is 20.6. The van der Waals surface area contributed by atoms with Gasteiger partial charge in [-0.2, -0.15) is 0 Å². The van der Waals surface area contributed by atoms with Crippen LogP contribution in [0.3, 0.4) is 0 Å². The number of hydrogen-bond acceptors (Lipinski definition) is 4. The van der Waals surface area contributed by atoms with Crippen molar-refractivity contribution in [3.63, 3.8) is 0 Å². The molecule has 8 heteroatoms. The molecule has 1 aromatic heterocycles. The highest BCUT2D eigenvalue weighted by Crippen LogP contribution is 2.18. The van der Waals surface area contributed by atoms with E-state index in [9.17, 15) is 0 Å². The molecule has 2 aromatic rings. The molecule has 3 rings (SSSR count). The van der Waals surface area contributed by atoms with Crippen molar-refractivity contribution in [3.8, 4) is 5.75 Å². The van der Waals surface area contributed by atoms with E-state index >= 15 is 0 Å². The fourth-order valence-corrected chi connectivity index (χ4v) is 3.88. The Kier molecular flexibility index (Phi) is 12.0. The van der Waals surface area contributed by atoms with Gasteiger partial charge in [-0.1, -0.05) is 32.4 Å². The molecule has 0 radical (unpaired) electrons. The minimum absolute atomic E-state index is 0. The Morgan fingerprint density at radius 2 is 1.91 bits per heavy atom. The van der Waals surface area contributed by atoms with Gasteiger partial charge >= 0.3 is 0 Å². The van der Waals surface area contributed by atoms with Crippen LogP contribution in [0.25, 0.3) is 0 Å². The number of guanidine groups is 1. The Morgan fingerprint density at radius 1 is 1.12 bits per heavy atom. The molecule has 7 nitrogen and oxygen atoms in total. The first-order chi connectivity index (χ1) is 15.6. The normalized spacial score (nSPS) is 14.8. The van der Waals surface area contributed by atoms with E-state index in [1.165, 1.54) is 24.8 Å². The largest absolute Gasteiger partial charge is 0.493 e. The number of hydrogen-bond donors (Lipinski definition) is 2. The number of fused-ring (bicyclic) bond motifs is 1. The lowest BCUT2D eigenvalue weighted by Gasteiger charge is -2.19. The Hall–Kier alpha value is -1.84. The first-order valence-corrected chi connectivity index (χ1v) is 12.3. The lowest BCUT2D eigenvalue weighted by atomic mass is 10.1. The van der Waals surface area contributed by atoms with Crippen molar-refractivity contribution in [1.82, 2.24) is 25.4 Å². The van der Waals surface area contributed by atoms with E-state index in [-0.39, 0.29) is 30.0 Å². The Labute approximate surface area is 216 Å². The number of rotatable bonds is 10. The SMILES string of the molecule is CCNC(=NCCCc1nnc2n1CCCCC2)NC(C)c1ccc(OCC(C)C)cc1.I. The van der Waals surface area contributed by atoms with Crippen LogP contribution in [0.5, 0.6) is 5.75 Å². The van der Waals surface area contributed by atoms with Crippen LogP contribution in [0.1, 0.15) is 76.6 Å². The van der Waals surface area contributed by atoms with Gasteiger partial charge in [0.25, 0.3) is 0 Å². The molecule has 0 bridgehead atoms. The predicted molar refractivity (Wildman–Crippen MR) is 146 cm³/mol. The second kappa shape index (κ2) is 14.4. The predicted octanol–water partition coefficient (Wildman–Crippen LogP) is 4.91. The average molecular weight is 569 g/mol. The van der Waals surface area contributed by atoms with Crippen molar-refractivity contribution in [2.24, 2.45) is 10.9 Å². The number of nitrogens with one attached hydrogen (secondary N) is 2. The molecule has 0 fully saturated rings. The summed E-state index contributed by atoms with van der Waals surface area (Å²) in [5.41, 5.74) is 1.21. The maximum absolute atomic E-state index is 5.79. The molecule has 184 valence electrons. The number of aryl methyl sites for hydroxylation is 2. The van der Waals surface area contributed by atoms with Gasteiger partial charge in [-0.25, -0.2) is 0 Å². The van der Waals surface area contributed by atoms with Gasteiger partial charge in [0.05, 0.1) is 12.6 Å². The molecule has 2 N–H and O–H groups in total. The first kappa shape index (κ1) is 27.4. The third-order valence-corrected chi connectivity index (χ3v) is 5.68. The summed E-state index contributed by atoms with van der Waals surface area (Å²) in [6.45, 7) is 11.9. The molecule has 1 aliphatic heterocycles. The van der Waals surface area contributed by atoms with E-state index in [0.29, 0.717) is 5.92 Å². The van der Waals surface area contributed by atoms with Gasteiger partial charge in [0.15, 0.2) is 5.96 Å². The molecular formula is C25H41IN6O. The lowest BCUT2D eigenvalue weighted by Crippen LogP contribution is -2.38. The highest BCUT2D eigenvalue weighted by atomic mass is 127. The number of benzene rings is 1. The van der Waals surface area contributed by atoms with Crippen LogP contribution in [-0.2, 0) is 19.4 Å². The minimum atomic E-state index is 0. The summed E-state index contributed by atoms with van der Waals surface area (Å²) in [4.78, 5) is 4.79. The lowest BCUT2D eigenvalue weighted by molar-refractivity contribution is 0.271. The molecule has 0 saturated heterocycles. The number of nitrogens with zero attached hydrogens (tertiary/aromatic N) is 4. The molecule has 0 aliphatic carbocycles. The van der Waals surface area contributed by atoms with Gasteiger partial charge in [-0.15, -0.1) is 34.2 Å². The second-order valence-electron chi connectivity index (χ2n) is 9.00. The number of aromatic nitrogens is 3. The van der Waals surface area contributed by atoms with E-state index in [0.717, 1.165) is 68.9 Å². The van der Waals surface area contributed by atoms with Gasteiger partial charge in [0.2, 0.25) is 0 Å². The van der Waals surface area contributed by atoms with Gasteiger partial charge < -0.3 is 19.9 Å². The highest BCUT2D eigenvalue weighted by Gasteiger charge is 2.14. The van der Waals surface area contributed by atoms with Crippen LogP contribution in [0.2, 0.25) is 0 Å². The van der Waals surface area contributed by atoms with Crippen LogP contribution in [0.15, 0.2) is 29.3 Å². The Balaban J connectivity index is 0.00000385. The van der Waals surface area contributed by atoms with Crippen molar-refractivity contribution < 1.29 is 4.74 Å². The fourth-order valence-electron chi connectivity index (χ4n) is 3.88. The standard InChI is InChI=1S/C25H40N6O.HI/c1-5-26-25(28-20(4)21-12-14-22(15-13-21)32-18-19(2)3)27-16-9-11-24-30-29-23-10-7-6-8-17-31(23)24;/h12-15,19-20H,5-11,16-18H2,1-4H3,(H2,26,27,28);1H. The van der Waals surface area contributed by atoms with Crippen LogP contribution >= 0.6 is 24.0 Å². The minimum Gasteiger partial charge on any atom is -0.493 e. The Morgan fingerprint density at radius 3 is 2.64 bits per heavy atom. The molecule has 1 aromatic carbocycles. The summed E-state index contributed by atoms with van der Waals surface area (Å²) in [6, 6.07) is 8.48. The maximum atomic E-state index is 5.79. The molecule has 1 atom stereocenters. The third kappa shape index (κ3) is 8.79. The summed E-state index contributed by atoms with van der Waals surface area (Å²) in [7, 11) is 0. The summed E-state index contributed by atoms with van der Waals surface area (Å²) >= 11 is 0. The molecular weight excluding hydrogens is 527 g/mol. The average Bonchev–Trinajstić information content (AvgIpc) is 3.01. The van der Waals surface area contributed by atoms with Crippen molar-refractivity contribution in [2.45, 2.75) is 78.8 Å². The van der Waals surface area contributed by atoms with E-state index in [4.69, 9.17) is 9.73 Å². The molecule has 0 amide bonds. The highest BCUT2D eigenvalue weighted by molar-refractivity contribution is 14.0. The second-order valence-corrected chi connectivity index (χ2v) is 9.00. The van der Waals surface area contributed by atoms with E-state index in [1.807, 2.05) is 12.1 Å². The van der Waals surface area contributed by atoms with Gasteiger partial charge in [0.1, 0.15) is 17.4 Å². The summed E-state index contributed by atoms with van der Waals surface area (Å²) in [5, 5.41) is 15.7. The molecule has 1 unspecified atom stereocenters. The zero-order chi connectivity index (χ0) is 22.8. The van der Waals surface area contributed by atoms with Gasteiger partial charge in [-0.3, -0.25) is 4.99 Å². The monoisotopic (exact) mass is 568 g/mol. The van der Waals surface area contributed by atoms with Gasteiger partial charge in [0, 0.05) is 32.5 Å². The van der Waals surface area contributed by atoms with E-state index in [1.54, 1.807) is 0 Å². The van der Waals surface area contributed by atoms with Crippen LogP contribution < -0.4 is 15.4 Å². The number of ether oxygens (including phenoxy) is 1. The quantitative estimate of drug-likeness (QED) is 0.185. The molecule has 33 heavy (non-hydrogen) atoms. The first-order valence-electron chi connectivity index (χ1n) is 12.3. The van der Waals surface area contributed by atoms with E-state index < -0.39 is 0 Å². The number of halogens is 1. The molecule has 2 heterocycles. The summed E-state index contributed by atoms with van der Waals surface area (Å²) in [5.74, 6) is 4.56. The van der Waals surface area contributed by atoms with Crippen molar-refractivity contribution in [3.05, 3.63) is 41.5 Å². The summed E-state index contributed by atoms with van der Waals surface area (Å²) in [6.07, 6.45) is 6.69. The van der Waals surface area contributed by atoms with Crippen LogP contribution in [0, 0.1) is 5.92 Å². The topological polar surface area (TPSA) is 76.4 Å². The summed E-state index contributed by atoms with van der Waals surface area (Å²) < 4.78 is 8.12. The van der Waals surface area contributed by atoms with Crippen molar-refractivity contribution in [2.75, 3.05) is 19.7 Å².